The second-order valence-corrected chi connectivity index (χ2v) is 14.5. The molecule has 6 aromatic heterocycles. The second kappa shape index (κ2) is 14.8. The Balaban J connectivity index is 1.39. The van der Waals surface area contributed by atoms with E-state index in [2.05, 4.69) is 70.7 Å². The molecule has 0 unspecified atom stereocenters. The largest absolute Gasteiger partial charge is 0.478 e. The van der Waals surface area contributed by atoms with Crippen molar-refractivity contribution in [1.29, 1.82) is 0 Å². The van der Waals surface area contributed by atoms with E-state index in [0.717, 1.165) is 83.7 Å². The number of hydrogen-bond donors (Lipinski definition) is 4. The lowest BCUT2D eigenvalue weighted by Crippen LogP contribution is -2.35. The van der Waals surface area contributed by atoms with Crippen molar-refractivity contribution in [1.82, 2.24) is 19.9 Å². The van der Waals surface area contributed by atoms with E-state index in [-0.39, 0.29) is 5.75 Å². The van der Waals surface area contributed by atoms with E-state index in [4.69, 9.17) is 14.7 Å². The molecule has 8 bridgehead atoms. The number of carboxylic acid groups (broad SMARTS) is 2. The zero-order valence-electron chi connectivity index (χ0n) is 32.3. The highest BCUT2D eigenvalue weighted by atomic mass is 16.5. The summed E-state index contributed by atoms with van der Waals surface area (Å²) in [5.74, 6) is -3.09. The molecule has 12 heteroatoms. The first-order valence-electron chi connectivity index (χ1n) is 18.9. The summed E-state index contributed by atoms with van der Waals surface area (Å²) in [6.45, 7) is 0. The molecule has 59 heavy (non-hydrogen) atoms. The maximum Gasteiger partial charge on any atom is 0.356 e. The summed E-state index contributed by atoms with van der Waals surface area (Å²) in [7, 11) is 5.96. The molecule has 9 rings (SSSR count). The monoisotopic (exact) mass is 780 g/mol. The number of carbonyl (C=O) groups is 2. The summed E-state index contributed by atoms with van der Waals surface area (Å²) >= 11 is 0. The Morgan fingerprint density at radius 1 is 0.475 bits per heavy atom. The smallest absolute Gasteiger partial charge is 0.356 e. The lowest BCUT2D eigenvalue weighted by Gasteiger charge is -2.11. The zero-order chi connectivity index (χ0) is 40.8. The van der Waals surface area contributed by atoms with E-state index in [1.807, 2.05) is 96.3 Å². The molecule has 12 nitrogen and oxygen atoms in total. The molecule has 8 heterocycles. The minimum Gasteiger partial charge on any atom is -0.478 e. The van der Waals surface area contributed by atoms with Crippen molar-refractivity contribution in [2.75, 3.05) is 0 Å². The SMILES string of the molecule is C[n+]1ccc(-c2c3nc(c(-c4cc[n+](C)cc4)c4ccc([nH]4)c(-c4cc[n+](C)cc4)c4nc(c(-c5ccc(OC(C(=O)O)C(=O)O)cc5)c5ccc2[nH]5)C=C4)C=C3)cc1. The van der Waals surface area contributed by atoms with Crippen molar-refractivity contribution in [3.05, 3.63) is 145 Å². The van der Waals surface area contributed by atoms with Crippen LogP contribution in [0.5, 0.6) is 5.75 Å². The number of hydrogen-bond acceptors (Lipinski definition) is 5. The predicted octanol–water partition coefficient (Wildman–Crippen LogP) is 6.71. The first kappa shape index (κ1) is 36.6. The van der Waals surface area contributed by atoms with Gasteiger partial charge < -0.3 is 24.9 Å². The van der Waals surface area contributed by atoms with Crippen LogP contribution in [-0.2, 0) is 30.7 Å². The molecule has 0 spiro atoms. The fraction of sp³-hybridized carbons (Fsp3) is 0.0851. The van der Waals surface area contributed by atoms with Gasteiger partial charge in [0, 0.05) is 80.7 Å². The van der Waals surface area contributed by atoms with Gasteiger partial charge in [-0.05, 0) is 83.0 Å². The lowest BCUT2D eigenvalue weighted by atomic mass is 10.0. The normalized spacial score (nSPS) is 11.9. The van der Waals surface area contributed by atoms with Crippen LogP contribution >= 0.6 is 0 Å². The number of nitrogens with zero attached hydrogens (tertiary/aromatic N) is 5. The lowest BCUT2D eigenvalue weighted by molar-refractivity contribution is -0.671. The van der Waals surface area contributed by atoms with Crippen LogP contribution in [0, 0.1) is 0 Å². The fourth-order valence-corrected chi connectivity index (χ4v) is 7.47. The number of carboxylic acids is 2. The Morgan fingerprint density at radius 2 is 0.763 bits per heavy atom. The molecule has 2 aliphatic rings. The van der Waals surface area contributed by atoms with E-state index in [9.17, 15) is 19.8 Å². The molecule has 4 N–H and O–H groups in total. The first-order chi connectivity index (χ1) is 28.6. The highest BCUT2D eigenvalue weighted by molar-refractivity contribution is 6.00. The minimum absolute atomic E-state index is 0.0996. The summed E-state index contributed by atoms with van der Waals surface area (Å²) in [5.41, 5.74) is 13.6. The Morgan fingerprint density at radius 3 is 1.05 bits per heavy atom. The maximum atomic E-state index is 11.6. The van der Waals surface area contributed by atoms with Gasteiger partial charge >= 0.3 is 11.9 Å². The summed E-state index contributed by atoms with van der Waals surface area (Å²) in [4.78, 5) is 41.3. The molecular formula is C47H38N7O5+3. The molecule has 0 saturated heterocycles. The number of H-pyrrole nitrogens is 2. The van der Waals surface area contributed by atoms with Crippen molar-refractivity contribution in [3.8, 4) is 50.3 Å². The quantitative estimate of drug-likeness (QED) is 0.0988. The molecule has 0 radical (unpaired) electrons. The Labute approximate surface area is 338 Å². The molecular weight excluding hydrogens is 743 g/mol. The van der Waals surface area contributed by atoms with Crippen molar-refractivity contribution in [2.24, 2.45) is 21.1 Å². The van der Waals surface area contributed by atoms with Crippen molar-refractivity contribution in [3.63, 3.8) is 0 Å². The van der Waals surface area contributed by atoms with Gasteiger partial charge in [-0.2, -0.15) is 0 Å². The topological polar surface area (TPSA) is 153 Å². The molecule has 0 amide bonds. The molecule has 1 aromatic carbocycles. The third-order valence-corrected chi connectivity index (χ3v) is 10.4. The number of aryl methyl sites for hydroxylation is 3. The molecule has 7 aromatic rings. The van der Waals surface area contributed by atoms with E-state index < -0.39 is 18.0 Å². The summed E-state index contributed by atoms with van der Waals surface area (Å²) in [5, 5.41) is 18.8. The van der Waals surface area contributed by atoms with Gasteiger partial charge in [0.25, 0.3) is 6.10 Å². The van der Waals surface area contributed by atoms with E-state index in [1.54, 1.807) is 24.3 Å². The highest BCUT2D eigenvalue weighted by Gasteiger charge is 2.28. The van der Waals surface area contributed by atoms with Crippen LogP contribution in [0.4, 0.5) is 0 Å². The van der Waals surface area contributed by atoms with Crippen LogP contribution < -0.4 is 18.4 Å². The summed E-state index contributed by atoms with van der Waals surface area (Å²) in [6, 6.07) is 27.4. The second-order valence-electron chi connectivity index (χ2n) is 14.5. The standard InChI is InChI=1S/C47H35N7O5/c1-52-22-16-29(17-23-52)42-35-10-8-33(48-35)41(28-4-6-32(7-5-28)59-45(46(55)56)47(57)58)34-9-11-36(49-34)43(30-18-24-53(2)25-19-30)38-13-15-40(51-38)44(39-14-12-37(42)50-39)31-20-26-54(3)27-21-31/h4-27,45H,1-3H3,(H-2,48,49,50,51,55,56,57,58)/p+3. The van der Waals surface area contributed by atoms with Crippen molar-refractivity contribution < 1.29 is 38.2 Å². The number of ether oxygens (including phenoxy) is 1. The van der Waals surface area contributed by atoms with E-state index in [1.165, 1.54) is 0 Å². The van der Waals surface area contributed by atoms with Gasteiger partial charge in [-0.1, -0.05) is 12.1 Å². The first-order valence-corrected chi connectivity index (χ1v) is 18.9. The summed E-state index contributed by atoms with van der Waals surface area (Å²) in [6.07, 6.45) is 18.2. The van der Waals surface area contributed by atoms with Crippen LogP contribution in [0.1, 0.15) is 22.8 Å². The molecule has 0 saturated carbocycles. The number of rotatable bonds is 8. The van der Waals surface area contributed by atoms with Crippen molar-refractivity contribution >= 4 is 58.3 Å². The Bertz CT molecular complexity index is 2980. The summed E-state index contributed by atoms with van der Waals surface area (Å²) < 4.78 is 11.3. The number of aromatic amines is 2. The van der Waals surface area contributed by atoms with Crippen LogP contribution in [0.3, 0.4) is 0 Å². The van der Waals surface area contributed by atoms with Crippen molar-refractivity contribution in [2.45, 2.75) is 6.10 Å². The van der Waals surface area contributed by atoms with Gasteiger partial charge in [-0.15, -0.1) is 0 Å². The van der Waals surface area contributed by atoms with Gasteiger partial charge in [0.2, 0.25) is 0 Å². The average molecular weight is 781 g/mol. The van der Waals surface area contributed by atoms with Gasteiger partial charge in [-0.3, -0.25) is 0 Å². The van der Waals surface area contributed by atoms with Crippen LogP contribution in [0.2, 0.25) is 0 Å². The molecule has 288 valence electrons. The zero-order valence-corrected chi connectivity index (χ0v) is 32.3. The van der Waals surface area contributed by atoms with Gasteiger partial charge in [0.1, 0.15) is 26.9 Å². The number of aliphatic carboxylic acids is 2. The van der Waals surface area contributed by atoms with Gasteiger partial charge in [0.05, 0.1) is 22.8 Å². The third-order valence-electron chi connectivity index (χ3n) is 10.4. The predicted molar refractivity (Wildman–Crippen MR) is 224 cm³/mol. The average Bonchev–Trinajstić information content (AvgIpc) is 4.07. The number of benzene rings is 1. The number of aromatic nitrogens is 7. The minimum atomic E-state index is -2.05. The van der Waals surface area contributed by atoms with Crippen LogP contribution in [0.25, 0.3) is 90.9 Å². The Kier molecular flexibility index (Phi) is 9.21. The number of pyridine rings is 3. The number of nitrogens with one attached hydrogen (secondary N) is 2. The molecule has 0 aliphatic carbocycles. The fourth-order valence-electron chi connectivity index (χ4n) is 7.47. The molecule has 0 fully saturated rings. The van der Waals surface area contributed by atoms with Gasteiger partial charge in [0.15, 0.2) is 37.2 Å². The molecule has 2 aliphatic heterocycles. The van der Waals surface area contributed by atoms with Crippen LogP contribution in [0.15, 0.2) is 122 Å². The third kappa shape index (κ3) is 7.03. The van der Waals surface area contributed by atoms with E-state index in [0.29, 0.717) is 5.69 Å². The Hall–Kier alpha value is -7.99. The van der Waals surface area contributed by atoms with Crippen LogP contribution in [-0.4, -0.2) is 48.2 Å². The van der Waals surface area contributed by atoms with E-state index >= 15 is 0 Å². The van der Waals surface area contributed by atoms with Gasteiger partial charge in [-0.25, -0.2) is 33.3 Å². The number of fused-ring (bicyclic) bond motifs is 8. The maximum absolute atomic E-state index is 11.6. The molecule has 0 atom stereocenters. The highest BCUT2D eigenvalue weighted by Crippen LogP contribution is 2.38.